The summed E-state index contributed by atoms with van der Waals surface area (Å²) in [5.41, 5.74) is 2.24. The van der Waals surface area contributed by atoms with E-state index < -0.39 is 0 Å². The Labute approximate surface area is 180 Å². The van der Waals surface area contributed by atoms with Crippen LogP contribution in [-0.2, 0) is 11.3 Å². The van der Waals surface area contributed by atoms with Gasteiger partial charge in [-0.2, -0.15) is 0 Å². The SMILES string of the molecule is COc1ccc(-c2cc(N3CCN(C(=O)Cn4cnc(C)cc4=O)CC3)ncn2)cc1. The molecule has 1 saturated heterocycles. The van der Waals surface area contributed by atoms with E-state index in [1.54, 1.807) is 25.3 Å². The fourth-order valence-electron chi connectivity index (χ4n) is 3.51. The fourth-order valence-corrected chi connectivity index (χ4v) is 3.51. The van der Waals surface area contributed by atoms with Crippen LogP contribution in [0.5, 0.6) is 5.75 Å². The summed E-state index contributed by atoms with van der Waals surface area (Å²) >= 11 is 0. The van der Waals surface area contributed by atoms with E-state index in [0.717, 1.165) is 22.8 Å². The number of aromatic nitrogens is 4. The predicted octanol–water partition coefficient (Wildman–Crippen LogP) is 1.37. The Bertz CT molecular complexity index is 1120. The maximum Gasteiger partial charge on any atom is 0.253 e. The zero-order valence-electron chi connectivity index (χ0n) is 17.6. The first-order valence-corrected chi connectivity index (χ1v) is 10.1. The number of amides is 1. The number of anilines is 1. The van der Waals surface area contributed by atoms with Gasteiger partial charge < -0.3 is 14.5 Å². The van der Waals surface area contributed by atoms with Crippen LogP contribution in [0, 0.1) is 6.92 Å². The minimum Gasteiger partial charge on any atom is -0.497 e. The first-order chi connectivity index (χ1) is 15.0. The second kappa shape index (κ2) is 8.95. The first kappa shape index (κ1) is 20.5. The van der Waals surface area contributed by atoms with Gasteiger partial charge in [0.2, 0.25) is 5.91 Å². The summed E-state index contributed by atoms with van der Waals surface area (Å²) in [4.78, 5) is 41.4. The quantitative estimate of drug-likeness (QED) is 0.615. The summed E-state index contributed by atoms with van der Waals surface area (Å²) in [5.74, 6) is 1.53. The molecule has 3 heterocycles. The van der Waals surface area contributed by atoms with Crippen molar-refractivity contribution in [1.82, 2.24) is 24.4 Å². The topological polar surface area (TPSA) is 93.5 Å². The van der Waals surface area contributed by atoms with Crippen LogP contribution in [0.4, 0.5) is 5.82 Å². The van der Waals surface area contributed by atoms with Crippen LogP contribution in [0.2, 0.25) is 0 Å². The van der Waals surface area contributed by atoms with Crippen molar-refractivity contribution in [2.24, 2.45) is 0 Å². The molecule has 2 aromatic heterocycles. The smallest absolute Gasteiger partial charge is 0.253 e. The summed E-state index contributed by atoms with van der Waals surface area (Å²) in [6.07, 6.45) is 2.98. The average molecular weight is 420 g/mol. The zero-order valence-corrected chi connectivity index (χ0v) is 17.6. The third-order valence-electron chi connectivity index (χ3n) is 5.32. The largest absolute Gasteiger partial charge is 0.497 e. The molecule has 9 nitrogen and oxygen atoms in total. The van der Waals surface area contributed by atoms with Crippen LogP contribution in [0.3, 0.4) is 0 Å². The fraction of sp³-hybridized carbons (Fsp3) is 0.318. The Balaban J connectivity index is 1.39. The average Bonchev–Trinajstić information content (AvgIpc) is 2.81. The summed E-state index contributed by atoms with van der Waals surface area (Å²) in [6, 6.07) is 11.1. The Morgan fingerprint density at radius 3 is 2.45 bits per heavy atom. The number of hydrogen-bond donors (Lipinski definition) is 0. The van der Waals surface area contributed by atoms with Gasteiger partial charge in [-0.05, 0) is 31.2 Å². The van der Waals surface area contributed by atoms with Gasteiger partial charge in [0.05, 0.1) is 19.1 Å². The second-order valence-corrected chi connectivity index (χ2v) is 7.35. The van der Waals surface area contributed by atoms with Gasteiger partial charge >= 0.3 is 0 Å². The Morgan fingerprint density at radius 2 is 1.77 bits per heavy atom. The lowest BCUT2D eigenvalue weighted by atomic mass is 10.1. The lowest BCUT2D eigenvalue weighted by molar-refractivity contribution is -0.132. The van der Waals surface area contributed by atoms with Crippen molar-refractivity contribution in [3.05, 3.63) is 65.1 Å². The molecule has 1 amide bonds. The predicted molar refractivity (Wildman–Crippen MR) is 116 cm³/mol. The molecule has 0 N–H and O–H groups in total. The van der Waals surface area contributed by atoms with Crippen LogP contribution >= 0.6 is 0 Å². The number of benzene rings is 1. The molecule has 0 unspecified atom stereocenters. The van der Waals surface area contributed by atoms with Crippen molar-refractivity contribution >= 4 is 11.7 Å². The lowest BCUT2D eigenvalue weighted by Crippen LogP contribution is -2.50. The third-order valence-corrected chi connectivity index (χ3v) is 5.32. The molecule has 1 aromatic carbocycles. The molecule has 0 bridgehead atoms. The molecule has 0 atom stereocenters. The van der Waals surface area contributed by atoms with E-state index in [9.17, 15) is 9.59 Å². The number of piperazine rings is 1. The zero-order chi connectivity index (χ0) is 21.8. The highest BCUT2D eigenvalue weighted by Crippen LogP contribution is 2.23. The number of carbonyl (C=O) groups excluding carboxylic acids is 1. The van der Waals surface area contributed by atoms with Crippen LogP contribution in [-0.4, -0.2) is 63.6 Å². The van der Waals surface area contributed by atoms with Gasteiger partial charge in [0, 0.05) is 49.6 Å². The highest BCUT2D eigenvalue weighted by atomic mass is 16.5. The molecule has 1 aliphatic rings. The number of ether oxygens (including phenoxy) is 1. The Morgan fingerprint density at radius 1 is 1.03 bits per heavy atom. The maximum atomic E-state index is 12.6. The summed E-state index contributed by atoms with van der Waals surface area (Å²) in [7, 11) is 1.64. The molecule has 9 heteroatoms. The maximum absolute atomic E-state index is 12.6. The number of methoxy groups -OCH3 is 1. The Hall–Kier alpha value is -3.75. The highest BCUT2D eigenvalue weighted by Gasteiger charge is 2.22. The Kier molecular flexibility index (Phi) is 5.92. The molecule has 4 rings (SSSR count). The van der Waals surface area contributed by atoms with Gasteiger partial charge in [-0.1, -0.05) is 0 Å². The van der Waals surface area contributed by atoms with Crippen LogP contribution in [0.1, 0.15) is 5.69 Å². The molecule has 3 aromatic rings. The molecule has 0 radical (unpaired) electrons. The van der Waals surface area contributed by atoms with Gasteiger partial charge in [0.25, 0.3) is 5.56 Å². The van der Waals surface area contributed by atoms with Crippen LogP contribution < -0.4 is 15.2 Å². The minimum absolute atomic E-state index is 0.00123. The molecule has 0 spiro atoms. The van der Waals surface area contributed by atoms with Gasteiger partial charge in [-0.25, -0.2) is 15.0 Å². The first-order valence-electron chi connectivity index (χ1n) is 10.1. The molecular formula is C22H24N6O3. The normalized spacial score (nSPS) is 13.9. The van der Waals surface area contributed by atoms with Crippen molar-refractivity contribution in [2.75, 3.05) is 38.2 Å². The molecule has 31 heavy (non-hydrogen) atoms. The van der Waals surface area contributed by atoms with Crippen LogP contribution in [0.15, 0.2) is 53.8 Å². The number of hydrogen-bond acceptors (Lipinski definition) is 7. The van der Waals surface area contributed by atoms with Crippen molar-refractivity contribution in [1.29, 1.82) is 0 Å². The van der Waals surface area contributed by atoms with E-state index in [1.165, 1.54) is 17.0 Å². The minimum atomic E-state index is -0.216. The number of rotatable bonds is 5. The van der Waals surface area contributed by atoms with Crippen LogP contribution in [0.25, 0.3) is 11.3 Å². The van der Waals surface area contributed by atoms with Gasteiger partial charge in [0.15, 0.2) is 0 Å². The third kappa shape index (κ3) is 4.71. The standard InChI is InChI=1S/C22H24N6O3/c1-16-11-21(29)28(15-25-16)13-22(30)27-9-7-26(8-10-27)20-12-19(23-14-24-20)17-3-5-18(31-2)6-4-17/h3-6,11-12,14-15H,7-10,13H2,1-2H3. The highest BCUT2D eigenvalue weighted by molar-refractivity contribution is 5.76. The van der Waals surface area contributed by atoms with E-state index in [1.807, 2.05) is 30.3 Å². The van der Waals surface area contributed by atoms with Gasteiger partial charge in [-0.15, -0.1) is 0 Å². The van der Waals surface area contributed by atoms with E-state index in [4.69, 9.17) is 4.74 Å². The van der Waals surface area contributed by atoms with Crippen molar-refractivity contribution in [3.63, 3.8) is 0 Å². The molecule has 160 valence electrons. The van der Waals surface area contributed by atoms with E-state index in [0.29, 0.717) is 31.9 Å². The second-order valence-electron chi connectivity index (χ2n) is 7.35. The molecule has 0 aliphatic carbocycles. The molecule has 1 fully saturated rings. The van der Waals surface area contributed by atoms with Crippen molar-refractivity contribution in [2.45, 2.75) is 13.5 Å². The van der Waals surface area contributed by atoms with Crippen molar-refractivity contribution < 1.29 is 9.53 Å². The molecular weight excluding hydrogens is 396 g/mol. The van der Waals surface area contributed by atoms with Crippen molar-refractivity contribution in [3.8, 4) is 17.0 Å². The molecule has 1 aliphatic heterocycles. The van der Waals surface area contributed by atoms with E-state index >= 15 is 0 Å². The number of carbonyl (C=O) groups is 1. The van der Waals surface area contributed by atoms with Gasteiger partial charge in [0.1, 0.15) is 24.4 Å². The summed E-state index contributed by atoms with van der Waals surface area (Å²) in [6.45, 7) is 4.20. The lowest BCUT2D eigenvalue weighted by Gasteiger charge is -2.35. The van der Waals surface area contributed by atoms with Gasteiger partial charge in [-0.3, -0.25) is 14.2 Å². The molecule has 0 saturated carbocycles. The summed E-state index contributed by atoms with van der Waals surface area (Å²) < 4.78 is 6.55. The number of nitrogens with zero attached hydrogens (tertiary/aromatic N) is 6. The monoisotopic (exact) mass is 420 g/mol. The van der Waals surface area contributed by atoms with E-state index in [2.05, 4.69) is 19.9 Å². The summed E-state index contributed by atoms with van der Waals surface area (Å²) in [5, 5.41) is 0. The van der Waals surface area contributed by atoms with E-state index in [-0.39, 0.29) is 18.0 Å². The number of aryl methyl sites for hydroxylation is 1.